The van der Waals surface area contributed by atoms with Crippen LogP contribution < -0.4 is 5.73 Å². The van der Waals surface area contributed by atoms with Crippen molar-refractivity contribution in [3.05, 3.63) is 28.2 Å². The molecule has 0 radical (unpaired) electrons. The lowest BCUT2D eigenvalue weighted by Crippen LogP contribution is -2.35. The minimum Gasteiger partial charge on any atom is -0.399 e. The molecule has 2 N–H and O–H groups in total. The maximum atomic E-state index is 5.88. The highest BCUT2D eigenvalue weighted by Gasteiger charge is 2.29. The Morgan fingerprint density at radius 3 is 2.79 bits per heavy atom. The number of hydrogen-bond acceptors (Lipinski definition) is 3. The molecule has 1 unspecified atom stereocenters. The zero-order valence-corrected chi connectivity index (χ0v) is 12.9. The fraction of sp³-hybridized carbons (Fsp3) is 0.600. The maximum absolute atomic E-state index is 5.88. The van der Waals surface area contributed by atoms with Gasteiger partial charge in [0.05, 0.1) is 0 Å². The standard InChI is InChI=1S/C15H22BrN3/c16-15-4-3-13(17)9-12(15)10-18-8-5-14(11-18)19-6-1-2-7-19/h3-4,9,14H,1-2,5-8,10-11,17H2. The van der Waals surface area contributed by atoms with Crippen molar-refractivity contribution in [2.75, 3.05) is 31.9 Å². The predicted octanol–water partition coefficient (Wildman–Crippen LogP) is 2.70. The minimum absolute atomic E-state index is 0.780. The van der Waals surface area contributed by atoms with Crippen LogP contribution in [0.3, 0.4) is 0 Å². The lowest BCUT2D eigenvalue weighted by molar-refractivity contribution is 0.230. The maximum Gasteiger partial charge on any atom is 0.0318 e. The Morgan fingerprint density at radius 1 is 1.21 bits per heavy atom. The molecule has 2 aliphatic heterocycles. The summed E-state index contributed by atoms with van der Waals surface area (Å²) in [6.07, 6.45) is 4.09. The van der Waals surface area contributed by atoms with Gasteiger partial charge in [0.1, 0.15) is 0 Å². The molecule has 0 spiro atoms. The largest absolute Gasteiger partial charge is 0.399 e. The van der Waals surface area contributed by atoms with Gasteiger partial charge in [-0.05, 0) is 56.1 Å². The highest BCUT2D eigenvalue weighted by atomic mass is 79.9. The summed E-state index contributed by atoms with van der Waals surface area (Å²) in [6, 6.07) is 6.87. The van der Waals surface area contributed by atoms with Gasteiger partial charge >= 0.3 is 0 Å². The number of benzene rings is 1. The SMILES string of the molecule is Nc1ccc(Br)c(CN2CCC(N3CCCC3)C2)c1. The molecule has 2 heterocycles. The fourth-order valence-corrected chi connectivity index (χ4v) is 3.69. The van der Waals surface area contributed by atoms with Gasteiger partial charge in [-0.2, -0.15) is 0 Å². The van der Waals surface area contributed by atoms with Gasteiger partial charge < -0.3 is 5.73 Å². The summed E-state index contributed by atoms with van der Waals surface area (Å²) in [5.74, 6) is 0. The van der Waals surface area contributed by atoms with Gasteiger partial charge in [0, 0.05) is 35.8 Å². The fourth-order valence-electron chi connectivity index (χ4n) is 3.32. The summed E-state index contributed by atoms with van der Waals surface area (Å²) in [7, 11) is 0. The van der Waals surface area contributed by atoms with E-state index in [1.54, 1.807) is 0 Å². The predicted molar refractivity (Wildman–Crippen MR) is 83.0 cm³/mol. The van der Waals surface area contributed by atoms with E-state index in [0.717, 1.165) is 18.3 Å². The van der Waals surface area contributed by atoms with Crippen LogP contribution in [0, 0.1) is 0 Å². The zero-order chi connectivity index (χ0) is 13.2. The van der Waals surface area contributed by atoms with Gasteiger partial charge in [-0.3, -0.25) is 9.80 Å². The van der Waals surface area contributed by atoms with Gasteiger partial charge in [0.25, 0.3) is 0 Å². The molecule has 19 heavy (non-hydrogen) atoms. The molecule has 0 saturated carbocycles. The zero-order valence-electron chi connectivity index (χ0n) is 11.3. The van der Waals surface area contributed by atoms with Gasteiger partial charge in [0.15, 0.2) is 0 Å². The third-order valence-electron chi connectivity index (χ3n) is 4.37. The molecule has 2 aliphatic rings. The van der Waals surface area contributed by atoms with Gasteiger partial charge in [-0.25, -0.2) is 0 Å². The summed E-state index contributed by atoms with van der Waals surface area (Å²) in [6.45, 7) is 6.04. The van der Waals surface area contributed by atoms with Crippen molar-refractivity contribution < 1.29 is 0 Å². The van der Waals surface area contributed by atoms with Crippen LogP contribution >= 0.6 is 15.9 Å². The van der Waals surface area contributed by atoms with Gasteiger partial charge in [0.2, 0.25) is 0 Å². The minimum atomic E-state index is 0.780. The third-order valence-corrected chi connectivity index (χ3v) is 5.14. The molecular weight excluding hydrogens is 302 g/mol. The number of hydrogen-bond donors (Lipinski definition) is 1. The van der Waals surface area contributed by atoms with Crippen molar-refractivity contribution in [3.63, 3.8) is 0 Å². The molecule has 3 nitrogen and oxygen atoms in total. The molecule has 104 valence electrons. The highest BCUT2D eigenvalue weighted by Crippen LogP contribution is 2.25. The number of nitrogen functional groups attached to an aromatic ring is 1. The number of likely N-dealkylation sites (tertiary alicyclic amines) is 2. The van der Waals surface area contributed by atoms with Crippen LogP contribution in [0.1, 0.15) is 24.8 Å². The molecule has 1 atom stereocenters. The molecule has 3 rings (SSSR count). The molecule has 0 amide bonds. The Bertz CT molecular complexity index is 443. The monoisotopic (exact) mass is 323 g/mol. The number of nitrogens with zero attached hydrogens (tertiary/aromatic N) is 2. The molecule has 1 aromatic carbocycles. The third kappa shape index (κ3) is 3.12. The molecule has 2 fully saturated rings. The van der Waals surface area contributed by atoms with Crippen molar-refractivity contribution in [1.29, 1.82) is 0 Å². The van der Waals surface area contributed by atoms with E-state index in [9.17, 15) is 0 Å². The van der Waals surface area contributed by atoms with E-state index in [4.69, 9.17) is 5.73 Å². The number of rotatable bonds is 3. The van der Waals surface area contributed by atoms with E-state index >= 15 is 0 Å². The molecule has 4 heteroatoms. The van der Waals surface area contributed by atoms with Crippen molar-refractivity contribution >= 4 is 21.6 Å². The van der Waals surface area contributed by atoms with Crippen LogP contribution in [-0.2, 0) is 6.54 Å². The quantitative estimate of drug-likeness (QED) is 0.868. The van der Waals surface area contributed by atoms with Crippen molar-refractivity contribution in [3.8, 4) is 0 Å². The van der Waals surface area contributed by atoms with Crippen molar-refractivity contribution in [1.82, 2.24) is 9.80 Å². The van der Waals surface area contributed by atoms with Crippen molar-refractivity contribution in [2.24, 2.45) is 0 Å². The Balaban J connectivity index is 1.60. The first-order chi connectivity index (χ1) is 9.22. The second-order valence-corrected chi connectivity index (χ2v) is 6.63. The van der Waals surface area contributed by atoms with E-state index in [1.807, 2.05) is 6.07 Å². The Morgan fingerprint density at radius 2 is 2.00 bits per heavy atom. The average Bonchev–Trinajstić information content (AvgIpc) is 3.04. The normalized spacial score (nSPS) is 25.2. The summed E-state index contributed by atoms with van der Waals surface area (Å²) in [5, 5.41) is 0. The van der Waals surface area contributed by atoms with Crippen LogP contribution in [-0.4, -0.2) is 42.0 Å². The molecule has 1 aromatic rings. The highest BCUT2D eigenvalue weighted by molar-refractivity contribution is 9.10. The molecular formula is C15H22BrN3. The Kier molecular flexibility index (Phi) is 4.10. The van der Waals surface area contributed by atoms with E-state index in [-0.39, 0.29) is 0 Å². The van der Waals surface area contributed by atoms with Crippen LogP contribution in [0.4, 0.5) is 5.69 Å². The first-order valence-electron chi connectivity index (χ1n) is 7.23. The molecule has 0 bridgehead atoms. The second kappa shape index (κ2) is 5.81. The summed E-state index contributed by atoms with van der Waals surface area (Å²) in [5.41, 5.74) is 8.04. The average molecular weight is 324 g/mol. The number of anilines is 1. The molecule has 0 aliphatic carbocycles. The van der Waals surface area contributed by atoms with E-state index < -0.39 is 0 Å². The van der Waals surface area contributed by atoms with E-state index in [1.165, 1.54) is 55.5 Å². The van der Waals surface area contributed by atoms with Crippen LogP contribution in [0.15, 0.2) is 22.7 Å². The second-order valence-electron chi connectivity index (χ2n) is 5.77. The number of nitrogens with two attached hydrogens (primary N) is 1. The molecule has 2 saturated heterocycles. The summed E-state index contributed by atoms with van der Waals surface area (Å²) < 4.78 is 1.17. The van der Waals surface area contributed by atoms with E-state index in [0.29, 0.717) is 0 Å². The van der Waals surface area contributed by atoms with Crippen LogP contribution in [0.25, 0.3) is 0 Å². The van der Waals surface area contributed by atoms with Crippen LogP contribution in [0.5, 0.6) is 0 Å². The van der Waals surface area contributed by atoms with Gasteiger partial charge in [-0.15, -0.1) is 0 Å². The first kappa shape index (κ1) is 13.4. The Hall–Kier alpha value is -0.580. The summed E-state index contributed by atoms with van der Waals surface area (Å²) >= 11 is 3.63. The van der Waals surface area contributed by atoms with Gasteiger partial charge in [-0.1, -0.05) is 15.9 Å². The lowest BCUT2D eigenvalue weighted by Gasteiger charge is -2.24. The van der Waals surface area contributed by atoms with Crippen LogP contribution in [0.2, 0.25) is 0 Å². The first-order valence-corrected chi connectivity index (χ1v) is 8.02. The smallest absolute Gasteiger partial charge is 0.0318 e. The topological polar surface area (TPSA) is 32.5 Å². The lowest BCUT2D eigenvalue weighted by atomic mass is 10.2. The number of halogens is 1. The van der Waals surface area contributed by atoms with E-state index in [2.05, 4.69) is 37.9 Å². The molecule has 0 aromatic heterocycles. The Labute approximate surface area is 123 Å². The summed E-state index contributed by atoms with van der Waals surface area (Å²) in [4.78, 5) is 5.23. The van der Waals surface area contributed by atoms with Crippen molar-refractivity contribution in [2.45, 2.75) is 31.8 Å².